The third-order valence-corrected chi connectivity index (χ3v) is 4.50. The van der Waals surface area contributed by atoms with Gasteiger partial charge in [0.15, 0.2) is 0 Å². The molecule has 6 heteroatoms. The number of hydrogen-bond acceptors (Lipinski definition) is 4. The Bertz CT molecular complexity index is 875. The summed E-state index contributed by atoms with van der Waals surface area (Å²) in [5.41, 5.74) is 3.64. The zero-order chi connectivity index (χ0) is 16.5. The lowest BCUT2D eigenvalue weighted by Gasteiger charge is -2.33. The molecule has 6 nitrogen and oxygen atoms in total. The fourth-order valence-electron chi connectivity index (χ4n) is 3.18. The van der Waals surface area contributed by atoms with Crippen LogP contribution in [0.3, 0.4) is 0 Å². The number of hydrogen-bond donors (Lipinski definition) is 0. The molecule has 1 aliphatic heterocycles. The van der Waals surface area contributed by atoms with Gasteiger partial charge in [-0.15, -0.1) is 5.10 Å². The fraction of sp³-hybridized carbons (Fsp3) is 0.222. The minimum Gasteiger partial charge on any atom is -0.308 e. The number of carbonyl (C=O) groups excluding carboxylic acids is 1. The monoisotopic (exact) mass is 319 g/mol. The van der Waals surface area contributed by atoms with Crippen LogP contribution in [-0.4, -0.2) is 32.7 Å². The van der Waals surface area contributed by atoms with Crippen LogP contribution in [0.15, 0.2) is 54.9 Å². The zero-order valence-electron chi connectivity index (χ0n) is 13.3. The van der Waals surface area contributed by atoms with Crippen LogP contribution in [0.25, 0.3) is 5.69 Å². The normalized spacial score (nSPS) is 16.7. The summed E-state index contributed by atoms with van der Waals surface area (Å²) in [4.78, 5) is 14.9. The SMILES string of the molecule is CC1CCN(C(=O)c2cccc(-n3cnnn3)c2)c2ccccc21. The van der Waals surface area contributed by atoms with E-state index in [4.69, 9.17) is 0 Å². The van der Waals surface area contributed by atoms with Gasteiger partial charge < -0.3 is 4.90 Å². The van der Waals surface area contributed by atoms with E-state index in [2.05, 4.69) is 28.5 Å². The lowest BCUT2D eigenvalue weighted by molar-refractivity contribution is 0.0984. The highest BCUT2D eigenvalue weighted by atomic mass is 16.2. The number of rotatable bonds is 2. The fourth-order valence-corrected chi connectivity index (χ4v) is 3.18. The summed E-state index contributed by atoms with van der Waals surface area (Å²) >= 11 is 0. The molecule has 0 radical (unpaired) electrons. The maximum Gasteiger partial charge on any atom is 0.258 e. The van der Waals surface area contributed by atoms with Gasteiger partial charge in [-0.05, 0) is 52.6 Å². The molecule has 24 heavy (non-hydrogen) atoms. The molecule has 0 saturated heterocycles. The Balaban J connectivity index is 1.70. The van der Waals surface area contributed by atoms with E-state index in [1.165, 1.54) is 11.9 Å². The number of carbonyl (C=O) groups is 1. The molecule has 0 N–H and O–H groups in total. The van der Waals surface area contributed by atoms with E-state index in [-0.39, 0.29) is 5.91 Å². The molecule has 0 aliphatic carbocycles. The first-order valence-corrected chi connectivity index (χ1v) is 7.98. The molecular formula is C18H17N5O. The standard InChI is InChI=1S/C18H17N5O/c1-13-9-10-22(17-8-3-2-7-16(13)17)18(24)14-5-4-6-15(11-14)23-12-19-20-21-23/h2-8,11-13H,9-10H2,1H3. The third kappa shape index (κ3) is 2.46. The van der Waals surface area contributed by atoms with Gasteiger partial charge in [-0.3, -0.25) is 4.79 Å². The second-order valence-corrected chi connectivity index (χ2v) is 6.01. The van der Waals surface area contributed by atoms with Crippen LogP contribution in [0.2, 0.25) is 0 Å². The van der Waals surface area contributed by atoms with Gasteiger partial charge >= 0.3 is 0 Å². The van der Waals surface area contributed by atoms with Crippen LogP contribution in [0.1, 0.15) is 35.2 Å². The summed E-state index contributed by atoms with van der Waals surface area (Å²) in [5, 5.41) is 11.2. The summed E-state index contributed by atoms with van der Waals surface area (Å²) in [6.45, 7) is 2.94. The lowest BCUT2D eigenvalue weighted by Crippen LogP contribution is -2.36. The predicted molar refractivity (Wildman–Crippen MR) is 90.3 cm³/mol. The maximum absolute atomic E-state index is 13.1. The highest BCUT2D eigenvalue weighted by Crippen LogP contribution is 2.35. The minimum atomic E-state index is 0.00396. The quantitative estimate of drug-likeness (QED) is 0.728. The number of aromatic nitrogens is 4. The Kier molecular flexibility index (Phi) is 3.57. The zero-order valence-corrected chi connectivity index (χ0v) is 13.3. The second kappa shape index (κ2) is 5.88. The average Bonchev–Trinajstić information content (AvgIpc) is 3.17. The molecule has 3 aromatic rings. The van der Waals surface area contributed by atoms with E-state index < -0.39 is 0 Å². The third-order valence-electron chi connectivity index (χ3n) is 4.50. The number of tetrazole rings is 1. The first-order valence-electron chi connectivity index (χ1n) is 7.98. The number of amides is 1. The Morgan fingerprint density at radius 1 is 1.17 bits per heavy atom. The van der Waals surface area contributed by atoms with Crippen molar-refractivity contribution >= 4 is 11.6 Å². The van der Waals surface area contributed by atoms with Crippen molar-refractivity contribution in [2.24, 2.45) is 0 Å². The second-order valence-electron chi connectivity index (χ2n) is 6.01. The molecule has 1 aromatic heterocycles. The highest BCUT2D eigenvalue weighted by Gasteiger charge is 2.26. The molecular weight excluding hydrogens is 302 g/mol. The van der Waals surface area contributed by atoms with Crippen LogP contribution in [0.4, 0.5) is 5.69 Å². The van der Waals surface area contributed by atoms with Crippen molar-refractivity contribution in [2.75, 3.05) is 11.4 Å². The van der Waals surface area contributed by atoms with Crippen LogP contribution in [-0.2, 0) is 0 Å². The summed E-state index contributed by atoms with van der Waals surface area (Å²) in [5.74, 6) is 0.474. The molecule has 0 fully saturated rings. The van der Waals surface area contributed by atoms with E-state index in [0.29, 0.717) is 11.5 Å². The Morgan fingerprint density at radius 3 is 2.88 bits per heavy atom. The van der Waals surface area contributed by atoms with Gasteiger partial charge in [0.2, 0.25) is 0 Å². The van der Waals surface area contributed by atoms with Gasteiger partial charge in [0.05, 0.1) is 5.69 Å². The largest absolute Gasteiger partial charge is 0.308 e. The highest BCUT2D eigenvalue weighted by molar-refractivity contribution is 6.07. The topological polar surface area (TPSA) is 63.9 Å². The Hall–Kier alpha value is -3.02. The van der Waals surface area contributed by atoms with E-state index in [1.54, 1.807) is 4.68 Å². The molecule has 120 valence electrons. The number of benzene rings is 2. The van der Waals surface area contributed by atoms with E-state index in [0.717, 1.165) is 24.3 Å². The lowest BCUT2D eigenvalue weighted by atomic mass is 9.91. The van der Waals surface area contributed by atoms with Crippen LogP contribution in [0.5, 0.6) is 0 Å². The molecule has 4 rings (SSSR count). The van der Waals surface area contributed by atoms with Gasteiger partial charge in [-0.1, -0.05) is 31.2 Å². The smallest absolute Gasteiger partial charge is 0.258 e. The summed E-state index contributed by atoms with van der Waals surface area (Å²) in [6, 6.07) is 15.5. The first kappa shape index (κ1) is 14.6. The van der Waals surface area contributed by atoms with Crippen LogP contribution in [0, 0.1) is 0 Å². The van der Waals surface area contributed by atoms with E-state index in [9.17, 15) is 4.79 Å². The molecule has 0 spiro atoms. The number of fused-ring (bicyclic) bond motifs is 1. The van der Waals surface area contributed by atoms with Crippen molar-refractivity contribution in [3.63, 3.8) is 0 Å². The van der Waals surface area contributed by atoms with Crippen molar-refractivity contribution in [1.29, 1.82) is 0 Å². The van der Waals surface area contributed by atoms with Gasteiger partial charge in [-0.25, -0.2) is 4.68 Å². The Labute approximate surface area is 139 Å². The number of nitrogens with zero attached hydrogens (tertiary/aromatic N) is 5. The first-order chi connectivity index (χ1) is 11.7. The van der Waals surface area contributed by atoms with E-state index >= 15 is 0 Å². The predicted octanol–water partition coefficient (Wildman–Crippen LogP) is 2.82. The van der Waals surface area contributed by atoms with Gasteiger partial charge in [0.1, 0.15) is 6.33 Å². The Morgan fingerprint density at radius 2 is 2.04 bits per heavy atom. The number of para-hydroxylation sites is 1. The molecule has 2 aromatic carbocycles. The van der Waals surface area contributed by atoms with Gasteiger partial charge in [0, 0.05) is 17.8 Å². The maximum atomic E-state index is 13.1. The molecule has 0 bridgehead atoms. The molecule has 1 aliphatic rings. The van der Waals surface area contributed by atoms with Crippen LogP contribution >= 0.6 is 0 Å². The van der Waals surface area contributed by atoms with Gasteiger partial charge in [-0.2, -0.15) is 0 Å². The summed E-state index contributed by atoms with van der Waals surface area (Å²) in [6.07, 6.45) is 2.48. The van der Waals surface area contributed by atoms with Gasteiger partial charge in [0.25, 0.3) is 5.91 Å². The van der Waals surface area contributed by atoms with Crippen LogP contribution < -0.4 is 4.90 Å². The average molecular weight is 319 g/mol. The molecule has 1 atom stereocenters. The molecule has 1 unspecified atom stereocenters. The summed E-state index contributed by atoms with van der Waals surface area (Å²) in [7, 11) is 0. The van der Waals surface area contributed by atoms with Crippen molar-refractivity contribution in [3.8, 4) is 5.69 Å². The van der Waals surface area contributed by atoms with Crippen molar-refractivity contribution < 1.29 is 4.79 Å². The number of anilines is 1. The van der Waals surface area contributed by atoms with Crippen molar-refractivity contribution in [2.45, 2.75) is 19.3 Å². The molecule has 0 saturated carbocycles. The summed E-state index contributed by atoms with van der Waals surface area (Å²) < 4.78 is 1.54. The molecule has 2 heterocycles. The van der Waals surface area contributed by atoms with Crippen molar-refractivity contribution in [3.05, 3.63) is 66.0 Å². The molecule has 1 amide bonds. The van der Waals surface area contributed by atoms with E-state index in [1.807, 2.05) is 47.4 Å². The van der Waals surface area contributed by atoms with Crippen molar-refractivity contribution in [1.82, 2.24) is 20.2 Å². The minimum absolute atomic E-state index is 0.00396.